The molecule has 0 spiro atoms. The number of nitrogens with one attached hydrogen (secondary N) is 3. The molecule has 98 valence electrons. The minimum absolute atomic E-state index is 0.223. The lowest BCUT2D eigenvalue weighted by Crippen LogP contribution is -2.25. The summed E-state index contributed by atoms with van der Waals surface area (Å²) in [6.07, 6.45) is 2.55. The maximum atomic E-state index is 12.2. The fourth-order valence-electron chi connectivity index (χ4n) is 2.19. The Bertz CT molecular complexity index is 619. The highest BCUT2D eigenvalue weighted by Gasteiger charge is 2.21. The zero-order chi connectivity index (χ0) is 13.2. The van der Waals surface area contributed by atoms with Crippen molar-refractivity contribution in [3.8, 4) is 0 Å². The van der Waals surface area contributed by atoms with Gasteiger partial charge in [0.1, 0.15) is 5.82 Å². The number of aryl methyl sites for hydroxylation is 1. The van der Waals surface area contributed by atoms with E-state index in [9.17, 15) is 4.79 Å². The predicted octanol–water partition coefficient (Wildman–Crippen LogP) is 1.01. The van der Waals surface area contributed by atoms with Crippen LogP contribution in [0.15, 0.2) is 18.3 Å². The molecule has 2 aromatic heterocycles. The molecule has 0 aliphatic carbocycles. The first-order valence-corrected chi connectivity index (χ1v) is 6.25. The summed E-state index contributed by atoms with van der Waals surface area (Å²) in [5.41, 5.74) is 3.50. The van der Waals surface area contributed by atoms with Crippen LogP contribution in [0.25, 0.3) is 0 Å². The molecule has 3 N–H and O–H groups in total. The summed E-state index contributed by atoms with van der Waals surface area (Å²) in [4.78, 5) is 16.3. The molecule has 0 saturated carbocycles. The average Bonchev–Trinajstić information content (AvgIpc) is 2.82. The van der Waals surface area contributed by atoms with Crippen molar-refractivity contribution in [3.05, 3.63) is 40.8 Å². The van der Waals surface area contributed by atoms with E-state index in [4.69, 9.17) is 0 Å². The Morgan fingerprint density at radius 1 is 1.47 bits per heavy atom. The normalized spacial score (nSPS) is 13.9. The van der Waals surface area contributed by atoms with Crippen molar-refractivity contribution in [2.24, 2.45) is 0 Å². The fraction of sp³-hybridized carbons (Fsp3) is 0.308. The molecule has 0 radical (unpaired) electrons. The number of carbonyl (C=O) groups excluding carboxylic acids is 1. The molecule has 1 amide bonds. The standard InChI is InChI=1S/C13H15N5O/c1-8-2-5-15-11(6-8)16-13(19)12-9-7-14-4-3-10(9)17-18-12/h2,5-6,14H,3-4,7H2,1H3,(H,17,18)(H,15,16,19). The van der Waals surface area contributed by atoms with Crippen molar-refractivity contribution in [2.45, 2.75) is 19.9 Å². The van der Waals surface area contributed by atoms with E-state index in [1.54, 1.807) is 6.20 Å². The number of H-pyrrole nitrogens is 1. The maximum Gasteiger partial charge on any atom is 0.277 e. The second-order valence-electron chi connectivity index (χ2n) is 4.63. The van der Waals surface area contributed by atoms with Crippen molar-refractivity contribution in [3.63, 3.8) is 0 Å². The van der Waals surface area contributed by atoms with E-state index in [1.165, 1.54) is 0 Å². The minimum atomic E-state index is -0.223. The van der Waals surface area contributed by atoms with Crippen molar-refractivity contribution >= 4 is 11.7 Å². The van der Waals surface area contributed by atoms with Gasteiger partial charge in [0.05, 0.1) is 0 Å². The van der Waals surface area contributed by atoms with Gasteiger partial charge in [0.2, 0.25) is 0 Å². The fourth-order valence-corrected chi connectivity index (χ4v) is 2.19. The van der Waals surface area contributed by atoms with Crippen LogP contribution in [0, 0.1) is 6.92 Å². The van der Waals surface area contributed by atoms with E-state index >= 15 is 0 Å². The monoisotopic (exact) mass is 257 g/mol. The van der Waals surface area contributed by atoms with Crippen LogP contribution in [0.1, 0.15) is 27.3 Å². The number of pyridine rings is 1. The zero-order valence-electron chi connectivity index (χ0n) is 10.7. The zero-order valence-corrected chi connectivity index (χ0v) is 10.7. The van der Waals surface area contributed by atoms with Crippen molar-refractivity contribution in [1.82, 2.24) is 20.5 Å². The van der Waals surface area contributed by atoms with Crippen LogP contribution in [0.4, 0.5) is 5.82 Å². The Morgan fingerprint density at radius 3 is 3.21 bits per heavy atom. The molecular formula is C13H15N5O. The third-order valence-corrected chi connectivity index (χ3v) is 3.18. The van der Waals surface area contributed by atoms with Gasteiger partial charge in [-0.1, -0.05) is 0 Å². The Morgan fingerprint density at radius 2 is 2.37 bits per heavy atom. The molecule has 3 heterocycles. The molecule has 0 aromatic carbocycles. The third-order valence-electron chi connectivity index (χ3n) is 3.18. The van der Waals surface area contributed by atoms with Gasteiger partial charge in [0, 0.05) is 37.0 Å². The summed E-state index contributed by atoms with van der Waals surface area (Å²) in [5.74, 6) is 0.324. The van der Waals surface area contributed by atoms with E-state index in [0.717, 1.165) is 29.8 Å². The molecule has 0 fully saturated rings. The molecule has 6 heteroatoms. The molecule has 0 saturated heterocycles. The van der Waals surface area contributed by atoms with Gasteiger partial charge in [-0.25, -0.2) is 4.98 Å². The van der Waals surface area contributed by atoms with Gasteiger partial charge in [-0.15, -0.1) is 0 Å². The van der Waals surface area contributed by atoms with Crippen LogP contribution in [-0.4, -0.2) is 27.6 Å². The number of fused-ring (bicyclic) bond motifs is 1. The Labute approximate surface area is 110 Å². The minimum Gasteiger partial charge on any atom is -0.312 e. The number of hydrogen-bond acceptors (Lipinski definition) is 4. The smallest absolute Gasteiger partial charge is 0.277 e. The summed E-state index contributed by atoms with van der Waals surface area (Å²) < 4.78 is 0. The Balaban J connectivity index is 1.83. The van der Waals surface area contributed by atoms with Crippen LogP contribution in [0.2, 0.25) is 0 Å². The number of aromatic nitrogens is 3. The molecule has 2 aromatic rings. The van der Waals surface area contributed by atoms with E-state index < -0.39 is 0 Å². The van der Waals surface area contributed by atoms with Gasteiger partial charge in [-0.3, -0.25) is 9.89 Å². The number of nitrogens with zero attached hydrogens (tertiary/aromatic N) is 2. The van der Waals surface area contributed by atoms with Gasteiger partial charge in [0.25, 0.3) is 5.91 Å². The Hall–Kier alpha value is -2.21. The predicted molar refractivity (Wildman–Crippen MR) is 70.9 cm³/mol. The topological polar surface area (TPSA) is 82.7 Å². The van der Waals surface area contributed by atoms with Crippen molar-refractivity contribution in [1.29, 1.82) is 0 Å². The largest absolute Gasteiger partial charge is 0.312 e. The van der Waals surface area contributed by atoms with Crippen LogP contribution < -0.4 is 10.6 Å². The summed E-state index contributed by atoms with van der Waals surface area (Å²) in [6.45, 7) is 3.54. The molecule has 3 rings (SSSR count). The van der Waals surface area contributed by atoms with Gasteiger partial charge in [-0.2, -0.15) is 5.10 Å². The molecule has 0 atom stereocenters. The van der Waals surface area contributed by atoms with Gasteiger partial charge in [-0.05, 0) is 24.6 Å². The van der Waals surface area contributed by atoms with Crippen LogP contribution in [0.5, 0.6) is 0 Å². The van der Waals surface area contributed by atoms with Gasteiger partial charge < -0.3 is 10.6 Å². The third kappa shape index (κ3) is 2.34. The van der Waals surface area contributed by atoms with Crippen LogP contribution in [-0.2, 0) is 13.0 Å². The lowest BCUT2D eigenvalue weighted by Gasteiger charge is -2.12. The number of amides is 1. The highest BCUT2D eigenvalue weighted by molar-refractivity contribution is 6.03. The maximum absolute atomic E-state index is 12.2. The lowest BCUT2D eigenvalue weighted by molar-refractivity contribution is 0.102. The van der Waals surface area contributed by atoms with E-state index in [2.05, 4.69) is 25.8 Å². The Kier molecular flexibility index (Phi) is 3.00. The molecule has 1 aliphatic heterocycles. The summed E-state index contributed by atoms with van der Waals surface area (Å²) in [6, 6.07) is 3.71. The molecule has 1 aliphatic rings. The summed E-state index contributed by atoms with van der Waals surface area (Å²) >= 11 is 0. The molecule has 6 nitrogen and oxygen atoms in total. The number of anilines is 1. The second kappa shape index (κ2) is 4.81. The highest BCUT2D eigenvalue weighted by Crippen LogP contribution is 2.16. The van der Waals surface area contributed by atoms with E-state index in [1.807, 2.05) is 19.1 Å². The average molecular weight is 257 g/mol. The van der Waals surface area contributed by atoms with E-state index in [0.29, 0.717) is 18.1 Å². The highest BCUT2D eigenvalue weighted by atomic mass is 16.2. The number of hydrogen-bond donors (Lipinski definition) is 3. The van der Waals surface area contributed by atoms with E-state index in [-0.39, 0.29) is 5.91 Å². The first kappa shape index (κ1) is 11.9. The van der Waals surface area contributed by atoms with Crippen LogP contribution >= 0.6 is 0 Å². The lowest BCUT2D eigenvalue weighted by atomic mass is 10.1. The quantitative estimate of drug-likeness (QED) is 0.750. The summed E-state index contributed by atoms with van der Waals surface area (Å²) in [7, 11) is 0. The van der Waals surface area contributed by atoms with Crippen molar-refractivity contribution < 1.29 is 4.79 Å². The molecule has 19 heavy (non-hydrogen) atoms. The first-order chi connectivity index (χ1) is 9.24. The summed E-state index contributed by atoms with van der Waals surface area (Å²) in [5, 5.41) is 13.1. The molecule has 0 unspecified atom stereocenters. The molecule has 0 bridgehead atoms. The van der Waals surface area contributed by atoms with Crippen LogP contribution in [0.3, 0.4) is 0 Å². The number of carbonyl (C=O) groups is 1. The van der Waals surface area contributed by atoms with Crippen molar-refractivity contribution in [2.75, 3.05) is 11.9 Å². The second-order valence-corrected chi connectivity index (χ2v) is 4.63. The SMILES string of the molecule is Cc1ccnc(NC(=O)c2n[nH]c3c2CNCC3)c1. The van der Waals surface area contributed by atoms with Gasteiger partial charge >= 0.3 is 0 Å². The first-order valence-electron chi connectivity index (χ1n) is 6.25. The molecular weight excluding hydrogens is 242 g/mol. The van der Waals surface area contributed by atoms with Gasteiger partial charge in [0.15, 0.2) is 5.69 Å². The number of rotatable bonds is 2. The number of aromatic amines is 1.